The van der Waals surface area contributed by atoms with E-state index in [2.05, 4.69) is 15.3 Å². The van der Waals surface area contributed by atoms with Crippen molar-refractivity contribution >= 4 is 23.4 Å². The van der Waals surface area contributed by atoms with Crippen molar-refractivity contribution in [3.05, 3.63) is 58.6 Å². The van der Waals surface area contributed by atoms with E-state index in [1.54, 1.807) is 12.1 Å². The predicted molar refractivity (Wildman–Crippen MR) is 121 cm³/mol. The molecule has 184 valence electrons. The highest BCUT2D eigenvalue weighted by Crippen LogP contribution is 2.66. The molecule has 34 heavy (non-hydrogen) atoms. The lowest BCUT2D eigenvalue weighted by atomic mass is 9.81. The van der Waals surface area contributed by atoms with Crippen molar-refractivity contribution in [2.45, 2.75) is 43.8 Å². The van der Waals surface area contributed by atoms with Crippen LogP contribution in [0.3, 0.4) is 0 Å². The van der Waals surface area contributed by atoms with Crippen LogP contribution < -0.4 is 11.1 Å². The third-order valence-corrected chi connectivity index (χ3v) is 6.80. The molecule has 0 aliphatic heterocycles. The maximum absolute atomic E-state index is 13.8. The number of carbonyl (C=O) groups is 2. The molecule has 1 aromatic carbocycles. The summed E-state index contributed by atoms with van der Waals surface area (Å²) in [6, 6.07) is 4.58. The van der Waals surface area contributed by atoms with Crippen molar-refractivity contribution in [1.29, 1.82) is 0 Å². The van der Waals surface area contributed by atoms with Crippen LogP contribution in [-0.2, 0) is 11.2 Å². The first-order valence-electron chi connectivity index (χ1n) is 10.8. The van der Waals surface area contributed by atoms with E-state index >= 15 is 0 Å². The number of benzene rings is 1. The molecular weight excluding hydrogens is 471 g/mol. The van der Waals surface area contributed by atoms with Crippen LogP contribution in [0.25, 0.3) is 0 Å². The predicted octanol–water partition coefficient (Wildman–Crippen LogP) is 3.33. The van der Waals surface area contributed by atoms with Crippen LogP contribution in [0.4, 0.5) is 13.2 Å². The summed E-state index contributed by atoms with van der Waals surface area (Å²) in [6.07, 6.45) is -0.403. The SMILES string of the molecule is CN(C)[C@H](CNC(=O)CC(c1cncnc1)C1(C(F)(F)F)CC1)Cc1ccc(C(N)=O)cc1Cl. The van der Waals surface area contributed by atoms with E-state index in [1.165, 1.54) is 24.8 Å². The summed E-state index contributed by atoms with van der Waals surface area (Å²) in [5.41, 5.74) is 4.70. The van der Waals surface area contributed by atoms with E-state index in [0.717, 1.165) is 5.56 Å². The highest BCUT2D eigenvalue weighted by molar-refractivity contribution is 6.31. The number of carbonyl (C=O) groups excluding carboxylic acids is 2. The molecule has 2 aromatic rings. The third kappa shape index (κ3) is 5.85. The van der Waals surface area contributed by atoms with Crippen molar-refractivity contribution in [2.24, 2.45) is 11.1 Å². The topological polar surface area (TPSA) is 101 Å². The molecule has 1 aliphatic rings. The zero-order chi connectivity index (χ0) is 25.1. The smallest absolute Gasteiger partial charge is 0.366 e. The fourth-order valence-electron chi connectivity index (χ4n) is 4.13. The maximum Gasteiger partial charge on any atom is 0.395 e. The Morgan fingerprint density at radius 3 is 2.38 bits per heavy atom. The van der Waals surface area contributed by atoms with Gasteiger partial charge in [-0.2, -0.15) is 13.2 Å². The summed E-state index contributed by atoms with van der Waals surface area (Å²) in [4.78, 5) is 33.7. The number of halogens is 4. The van der Waals surface area contributed by atoms with Gasteiger partial charge in [-0.25, -0.2) is 9.97 Å². The van der Waals surface area contributed by atoms with Gasteiger partial charge in [-0.1, -0.05) is 17.7 Å². The van der Waals surface area contributed by atoms with Crippen molar-refractivity contribution in [1.82, 2.24) is 20.2 Å². The van der Waals surface area contributed by atoms with Crippen molar-refractivity contribution < 1.29 is 22.8 Å². The van der Waals surface area contributed by atoms with Gasteiger partial charge in [-0.3, -0.25) is 9.59 Å². The lowest BCUT2D eigenvalue weighted by Crippen LogP contribution is -2.42. The molecule has 1 fully saturated rings. The van der Waals surface area contributed by atoms with Crippen LogP contribution in [-0.4, -0.2) is 59.5 Å². The quantitative estimate of drug-likeness (QED) is 0.524. The van der Waals surface area contributed by atoms with Gasteiger partial charge >= 0.3 is 6.18 Å². The van der Waals surface area contributed by atoms with E-state index in [4.69, 9.17) is 17.3 Å². The molecule has 2 atom stereocenters. The van der Waals surface area contributed by atoms with E-state index in [-0.39, 0.29) is 37.4 Å². The molecule has 2 amide bonds. The molecule has 3 N–H and O–H groups in total. The molecule has 0 bridgehead atoms. The van der Waals surface area contributed by atoms with Gasteiger partial charge in [0.1, 0.15) is 6.33 Å². The Morgan fingerprint density at radius 1 is 1.24 bits per heavy atom. The van der Waals surface area contributed by atoms with Gasteiger partial charge in [0.25, 0.3) is 0 Å². The van der Waals surface area contributed by atoms with Gasteiger partial charge in [-0.15, -0.1) is 0 Å². The summed E-state index contributed by atoms with van der Waals surface area (Å²) >= 11 is 6.29. The molecule has 1 aliphatic carbocycles. The van der Waals surface area contributed by atoms with Crippen molar-refractivity contribution in [3.8, 4) is 0 Å². The zero-order valence-corrected chi connectivity index (χ0v) is 19.7. The van der Waals surface area contributed by atoms with Gasteiger partial charge in [0.2, 0.25) is 11.8 Å². The Hall–Kier alpha value is -2.72. The maximum atomic E-state index is 13.8. The average Bonchev–Trinajstić information content (AvgIpc) is 3.58. The van der Waals surface area contributed by atoms with Crippen LogP contribution in [0, 0.1) is 5.41 Å². The number of hydrogen-bond acceptors (Lipinski definition) is 5. The molecule has 11 heteroatoms. The summed E-state index contributed by atoms with van der Waals surface area (Å²) in [5, 5.41) is 3.15. The molecule has 3 rings (SSSR count). The molecule has 7 nitrogen and oxygen atoms in total. The normalized spacial score (nSPS) is 16.7. The minimum Gasteiger partial charge on any atom is -0.366 e. The first kappa shape index (κ1) is 25.9. The summed E-state index contributed by atoms with van der Waals surface area (Å²) in [5.74, 6) is -2.12. The Labute approximate surface area is 200 Å². The lowest BCUT2D eigenvalue weighted by Gasteiger charge is -2.29. The number of hydrogen-bond donors (Lipinski definition) is 2. The number of nitrogens with one attached hydrogen (secondary N) is 1. The fraction of sp³-hybridized carbons (Fsp3) is 0.478. The Morgan fingerprint density at radius 2 is 1.88 bits per heavy atom. The van der Waals surface area contributed by atoms with Gasteiger partial charge in [0.05, 0.1) is 5.41 Å². The molecule has 0 radical (unpaired) electrons. The molecule has 0 spiro atoms. The molecule has 1 saturated carbocycles. The summed E-state index contributed by atoms with van der Waals surface area (Å²) in [6.45, 7) is 0.205. The molecule has 0 saturated heterocycles. The highest BCUT2D eigenvalue weighted by Gasteiger charge is 2.67. The van der Waals surface area contributed by atoms with Gasteiger partial charge in [-0.05, 0) is 56.6 Å². The van der Waals surface area contributed by atoms with Crippen molar-refractivity contribution in [2.75, 3.05) is 20.6 Å². The number of amides is 2. The number of primary amides is 1. The van der Waals surface area contributed by atoms with Crippen molar-refractivity contribution in [3.63, 3.8) is 0 Å². The summed E-state index contributed by atoms with van der Waals surface area (Å²) < 4.78 is 41.5. The van der Waals surface area contributed by atoms with E-state index in [0.29, 0.717) is 17.0 Å². The number of likely N-dealkylation sites (N-methyl/N-ethyl adjacent to an activating group) is 1. The minimum absolute atomic E-state index is 0.0243. The number of aromatic nitrogens is 2. The van der Waals surface area contributed by atoms with Gasteiger partial charge < -0.3 is 16.0 Å². The molecule has 1 heterocycles. The number of rotatable bonds is 10. The summed E-state index contributed by atoms with van der Waals surface area (Å²) in [7, 11) is 3.66. The van der Waals surface area contributed by atoms with Crippen LogP contribution in [0.1, 0.15) is 46.7 Å². The zero-order valence-electron chi connectivity index (χ0n) is 18.9. The average molecular weight is 498 g/mol. The van der Waals surface area contributed by atoms with E-state index in [1.807, 2.05) is 19.0 Å². The van der Waals surface area contributed by atoms with Crippen LogP contribution in [0.5, 0.6) is 0 Å². The standard InChI is InChI=1S/C23H27ClF3N5O2/c1-32(2)17(7-14-3-4-15(21(28)34)8-19(14)24)12-31-20(33)9-18(16-10-29-13-30-11-16)22(5-6-22)23(25,26)27/h3-4,8,10-11,13,17-18H,5-7,9,12H2,1-2H3,(H2,28,34)(H,31,33)/t17-,18?/m0/s1. The number of nitrogens with zero attached hydrogens (tertiary/aromatic N) is 3. The molecule has 1 aromatic heterocycles. The molecule has 1 unspecified atom stereocenters. The fourth-order valence-corrected chi connectivity index (χ4v) is 4.39. The monoisotopic (exact) mass is 497 g/mol. The first-order chi connectivity index (χ1) is 15.9. The van der Waals surface area contributed by atoms with Gasteiger partial charge in [0.15, 0.2) is 0 Å². The Bertz CT molecular complexity index is 1030. The minimum atomic E-state index is -4.42. The Balaban J connectivity index is 1.69. The molecular formula is C23H27ClF3N5O2. The highest BCUT2D eigenvalue weighted by atomic mass is 35.5. The van der Waals surface area contributed by atoms with Crippen LogP contribution in [0.15, 0.2) is 36.9 Å². The van der Waals surface area contributed by atoms with Crippen LogP contribution >= 0.6 is 11.6 Å². The van der Waals surface area contributed by atoms with E-state index < -0.39 is 29.3 Å². The number of alkyl halides is 3. The Kier molecular flexibility index (Phi) is 7.82. The lowest BCUT2D eigenvalue weighted by molar-refractivity contribution is -0.194. The number of nitrogens with two attached hydrogens (primary N) is 1. The second-order valence-electron chi connectivity index (χ2n) is 8.88. The second kappa shape index (κ2) is 10.3. The largest absolute Gasteiger partial charge is 0.395 e. The van der Waals surface area contributed by atoms with Crippen LogP contribution in [0.2, 0.25) is 5.02 Å². The van der Waals surface area contributed by atoms with Gasteiger partial charge in [0, 0.05) is 47.9 Å². The van der Waals surface area contributed by atoms with E-state index in [9.17, 15) is 22.8 Å². The third-order valence-electron chi connectivity index (χ3n) is 6.45. The second-order valence-corrected chi connectivity index (χ2v) is 9.29. The first-order valence-corrected chi connectivity index (χ1v) is 11.2.